The topological polar surface area (TPSA) is 17.0 Å². The second kappa shape index (κ2) is 5.65. The highest BCUT2D eigenvalue weighted by molar-refractivity contribution is 5.85. The lowest BCUT2D eigenvalue weighted by Gasteiger charge is -2.09. The van der Waals surface area contributed by atoms with Crippen LogP contribution in [0.15, 0.2) is 48.5 Å². The van der Waals surface area contributed by atoms with E-state index in [1.54, 1.807) is 0 Å². The summed E-state index contributed by atoms with van der Waals surface area (Å²) in [6.07, 6.45) is 0. The number of nitrogens with one attached hydrogen (secondary N) is 1. The van der Waals surface area contributed by atoms with Crippen molar-refractivity contribution in [1.29, 1.82) is 0 Å². The lowest BCUT2D eigenvalue weighted by Crippen LogP contribution is -2.03. The molecule has 0 atom stereocenters. The average Bonchev–Trinajstić information content (AvgIpc) is 2.78. The third kappa shape index (κ3) is 2.66. The maximum absolute atomic E-state index is 3.55. The summed E-state index contributed by atoms with van der Waals surface area (Å²) in [6.45, 7) is 8.48. The van der Waals surface area contributed by atoms with Crippen LogP contribution in [0.4, 0.5) is 5.69 Å². The fourth-order valence-electron chi connectivity index (χ4n) is 3.03. The van der Waals surface area contributed by atoms with Gasteiger partial charge in [0.25, 0.3) is 0 Å². The van der Waals surface area contributed by atoms with Crippen molar-refractivity contribution in [1.82, 2.24) is 4.57 Å². The van der Waals surface area contributed by atoms with Crippen molar-refractivity contribution >= 4 is 16.5 Å². The lowest BCUT2D eigenvalue weighted by molar-refractivity contribution is 0.715. The highest BCUT2D eigenvalue weighted by Crippen LogP contribution is 2.21. The number of aromatic nitrogens is 1. The van der Waals surface area contributed by atoms with Crippen molar-refractivity contribution in [2.75, 3.05) is 5.32 Å². The fraction of sp³-hybridized carbons (Fsp3) is 0.263. The van der Waals surface area contributed by atoms with Gasteiger partial charge in [-0.15, -0.1) is 0 Å². The summed E-state index contributed by atoms with van der Waals surface area (Å²) in [5.41, 5.74) is 5.26. The van der Waals surface area contributed by atoms with Gasteiger partial charge in [-0.05, 0) is 55.3 Å². The number of hydrogen-bond donors (Lipinski definition) is 1. The number of aryl methyl sites for hydroxylation is 1. The van der Waals surface area contributed by atoms with E-state index in [4.69, 9.17) is 0 Å². The molecule has 2 heteroatoms. The van der Waals surface area contributed by atoms with E-state index < -0.39 is 0 Å². The first-order valence-corrected chi connectivity index (χ1v) is 7.57. The minimum atomic E-state index is 0.873. The molecule has 3 rings (SSSR count). The number of fused-ring (bicyclic) bond motifs is 1. The van der Waals surface area contributed by atoms with Crippen LogP contribution in [0.2, 0.25) is 0 Å². The van der Waals surface area contributed by atoms with Gasteiger partial charge in [-0.2, -0.15) is 0 Å². The van der Waals surface area contributed by atoms with Crippen LogP contribution in [-0.2, 0) is 13.1 Å². The molecule has 0 spiro atoms. The number of rotatable bonds is 4. The lowest BCUT2D eigenvalue weighted by atomic mass is 10.1. The highest BCUT2D eigenvalue weighted by Gasteiger charge is 2.07. The Kier molecular flexibility index (Phi) is 3.70. The average molecular weight is 278 g/mol. The van der Waals surface area contributed by atoms with Gasteiger partial charge in [0.2, 0.25) is 0 Å². The van der Waals surface area contributed by atoms with Gasteiger partial charge in [0.1, 0.15) is 0 Å². The van der Waals surface area contributed by atoms with Crippen LogP contribution in [0.25, 0.3) is 10.8 Å². The Bertz CT molecular complexity index is 768. The summed E-state index contributed by atoms with van der Waals surface area (Å²) in [4.78, 5) is 0. The Morgan fingerprint density at radius 2 is 1.71 bits per heavy atom. The molecule has 0 fully saturated rings. The Balaban J connectivity index is 1.80. The molecule has 0 radical (unpaired) electrons. The van der Waals surface area contributed by atoms with Gasteiger partial charge >= 0.3 is 0 Å². The van der Waals surface area contributed by atoms with Gasteiger partial charge in [0.15, 0.2) is 0 Å². The molecule has 2 nitrogen and oxygen atoms in total. The SMILES string of the molecule is CCn1c(C)cc(CNc2ccc3ccccc3c2)c1C. The van der Waals surface area contributed by atoms with Crippen molar-refractivity contribution < 1.29 is 0 Å². The van der Waals surface area contributed by atoms with Crippen LogP contribution in [0.5, 0.6) is 0 Å². The third-order valence-electron chi connectivity index (χ3n) is 4.23. The van der Waals surface area contributed by atoms with Gasteiger partial charge in [0.05, 0.1) is 0 Å². The maximum atomic E-state index is 3.55. The zero-order chi connectivity index (χ0) is 14.8. The van der Waals surface area contributed by atoms with Gasteiger partial charge < -0.3 is 9.88 Å². The zero-order valence-electron chi connectivity index (χ0n) is 13.0. The molecule has 1 N–H and O–H groups in total. The summed E-state index contributed by atoms with van der Waals surface area (Å²) >= 11 is 0. The largest absolute Gasteiger partial charge is 0.381 e. The molecule has 3 aromatic rings. The van der Waals surface area contributed by atoms with Gasteiger partial charge in [-0.3, -0.25) is 0 Å². The van der Waals surface area contributed by atoms with E-state index in [1.165, 1.54) is 33.4 Å². The molecule has 1 heterocycles. The molecule has 2 aromatic carbocycles. The van der Waals surface area contributed by atoms with E-state index in [1.807, 2.05) is 0 Å². The molecule has 0 aliphatic rings. The number of anilines is 1. The third-order valence-corrected chi connectivity index (χ3v) is 4.23. The Morgan fingerprint density at radius 1 is 0.952 bits per heavy atom. The molecule has 0 aliphatic carbocycles. The minimum absolute atomic E-state index is 0.873. The molecule has 108 valence electrons. The molecular weight excluding hydrogens is 256 g/mol. The second-order valence-corrected chi connectivity index (χ2v) is 5.56. The Morgan fingerprint density at radius 3 is 2.43 bits per heavy atom. The van der Waals surface area contributed by atoms with Crippen molar-refractivity contribution in [3.63, 3.8) is 0 Å². The van der Waals surface area contributed by atoms with Gasteiger partial charge in [-0.1, -0.05) is 30.3 Å². The smallest absolute Gasteiger partial charge is 0.0418 e. The standard InChI is InChI=1S/C19H22N2/c1-4-21-14(2)11-18(15(21)3)13-20-19-10-9-16-7-5-6-8-17(16)12-19/h5-12,20H,4,13H2,1-3H3. The van der Waals surface area contributed by atoms with E-state index in [0.717, 1.165) is 13.1 Å². The molecule has 0 aliphatic heterocycles. The van der Waals surface area contributed by atoms with Crippen LogP contribution < -0.4 is 5.32 Å². The minimum Gasteiger partial charge on any atom is -0.381 e. The Labute approximate surface area is 126 Å². The van der Waals surface area contributed by atoms with Gasteiger partial charge in [0, 0.05) is 30.2 Å². The van der Waals surface area contributed by atoms with Crippen LogP contribution in [0.1, 0.15) is 23.9 Å². The molecular formula is C19H22N2. The fourth-order valence-corrected chi connectivity index (χ4v) is 3.03. The van der Waals surface area contributed by atoms with Crippen LogP contribution in [0, 0.1) is 13.8 Å². The molecule has 0 saturated heterocycles. The van der Waals surface area contributed by atoms with Crippen molar-refractivity contribution in [3.05, 3.63) is 65.5 Å². The summed E-state index contributed by atoms with van der Waals surface area (Å²) in [5.74, 6) is 0. The predicted molar refractivity (Wildman–Crippen MR) is 90.9 cm³/mol. The summed E-state index contributed by atoms with van der Waals surface area (Å²) in [6, 6.07) is 17.3. The molecule has 0 bridgehead atoms. The molecule has 1 aromatic heterocycles. The zero-order valence-corrected chi connectivity index (χ0v) is 13.0. The quantitative estimate of drug-likeness (QED) is 0.719. The normalized spacial score (nSPS) is 11.0. The second-order valence-electron chi connectivity index (χ2n) is 5.56. The van der Waals surface area contributed by atoms with Crippen molar-refractivity contribution in [2.24, 2.45) is 0 Å². The molecule has 0 saturated carbocycles. The van der Waals surface area contributed by atoms with E-state index in [2.05, 4.69) is 79.2 Å². The number of nitrogens with zero attached hydrogens (tertiary/aromatic N) is 1. The van der Waals surface area contributed by atoms with E-state index in [9.17, 15) is 0 Å². The molecule has 0 unspecified atom stereocenters. The molecule has 21 heavy (non-hydrogen) atoms. The summed E-state index contributed by atoms with van der Waals surface area (Å²) < 4.78 is 2.36. The Hall–Kier alpha value is -2.22. The summed E-state index contributed by atoms with van der Waals surface area (Å²) in [7, 11) is 0. The monoisotopic (exact) mass is 278 g/mol. The first kappa shape index (κ1) is 13.7. The highest BCUT2D eigenvalue weighted by atomic mass is 15.0. The van der Waals surface area contributed by atoms with E-state index >= 15 is 0 Å². The van der Waals surface area contributed by atoms with Crippen molar-refractivity contribution in [2.45, 2.75) is 33.9 Å². The van der Waals surface area contributed by atoms with Crippen LogP contribution in [-0.4, -0.2) is 4.57 Å². The van der Waals surface area contributed by atoms with Gasteiger partial charge in [-0.25, -0.2) is 0 Å². The predicted octanol–water partition coefficient (Wildman–Crippen LogP) is 4.89. The number of benzene rings is 2. The van der Waals surface area contributed by atoms with E-state index in [-0.39, 0.29) is 0 Å². The summed E-state index contributed by atoms with van der Waals surface area (Å²) in [5, 5.41) is 6.11. The van der Waals surface area contributed by atoms with Crippen molar-refractivity contribution in [3.8, 4) is 0 Å². The van der Waals surface area contributed by atoms with E-state index in [0.29, 0.717) is 0 Å². The van der Waals surface area contributed by atoms with Crippen LogP contribution >= 0.6 is 0 Å². The number of hydrogen-bond acceptors (Lipinski definition) is 1. The molecule has 0 amide bonds. The first-order chi connectivity index (χ1) is 10.2. The maximum Gasteiger partial charge on any atom is 0.0418 e. The first-order valence-electron chi connectivity index (χ1n) is 7.57. The van der Waals surface area contributed by atoms with Crippen LogP contribution in [0.3, 0.4) is 0 Å².